The van der Waals surface area contributed by atoms with Crippen molar-refractivity contribution in [1.29, 1.82) is 0 Å². The number of aryl methyl sites for hydroxylation is 3. The molecule has 0 fully saturated rings. The summed E-state index contributed by atoms with van der Waals surface area (Å²) in [6, 6.07) is 5.97. The van der Waals surface area contributed by atoms with Crippen molar-refractivity contribution < 1.29 is 24.2 Å². The molecule has 186 valence electrons. The number of fused-ring (bicyclic) bond motifs is 1. The largest absolute Gasteiger partial charge is 0.485 e. The highest BCUT2D eigenvalue weighted by Crippen LogP contribution is 2.36. The van der Waals surface area contributed by atoms with Crippen LogP contribution in [0.25, 0.3) is 11.1 Å². The number of hydrogen-bond donors (Lipinski definition) is 3. The van der Waals surface area contributed by atoms with Crippen molar-refractivity contribution in [2.75, 3.05) is 12.3 Å². The second kappa shape index (κ2) is 10.0. The predicted octanol–water partition coefficient (Wildman–Crippen LogP) is 2.34. The topological polar surface area (TPSA) is 142 Å². The molecule has 2 unspecified atom stereocenters. The van der Waals surface area contributed by atoms with E-state index in [-0.39, 0.29) is 0 Å². The van der Waals surface area contributed by atoms with E-state index in [0.717, 1.165) is 29.7 Å². The maximum absolute atomic E-state index is 12.2. The van der Waals surface area contributed by atoms with Crippen molar-refractivity contribution >= 4 is 28.1 Å². The Morgan fingerprint density at radius 1 is 1.46 bits per heavy atom. The molecule has 1 aliphatic rings. The number of ether oxygens (including phenoxy) is 1. The number of oxime groups is 1. The SMILES string of the molecule is C/C(=N\OC(C)(C(=O)O)C1CCc2cc(-c3cn(CCCN)[n+](C)c3)ccc2O1)c1csc(N)n1. The van der Waals surface area contributed by atoms with Gasteiger partial charge in [0.1, 0.15) is 17.2 Å². The first kappa shape index (κ1) is 24.7. The minimum absolute atomic E-state index is 0.406. The molecule has 2 atom stereocenters. The van der Waals surface area contributed by atoms with Gasteiger partial charge in [-0.1, -0.05) is 11.2 Å². The van der Waals surface area contributed by atoms with Gasteiger partial charge in [0.15, 0.2) is 18.3 Å². The molecule has 0 aliphatic carbocycles. The summed E-state index contributed by atoms with van der Waals surface area (Å²) in [5.74, 6) is -0.496. The van der Waals surface area contributed by atoms with Crippen LogP contribution in [0.5, 0.6) is 5.75 Å². The molecule has 0 radical (unpaired) electrons. The Balaban J connectivity index is 1.52. The highest BCUT2D eigenvalue weighted by atomic mass is 32.1. The number of benzene rings is 1. The van der Waals surface area contributed by atoms with Gasteiger partial charge in [-0.3, -0.25) is 0 Å². The van der Waals surface area contributed by atoms with Crippen molar-refractivity contribution in [3.8, 4) is 16.9 Å². The number of carboxylic acids is 1. The van der Waals surface area contributed by atoms with Crippen LogP contribution in [0.1, 0.15) is 37.9 Å². The lowest BCUT2D eigenvalue weighted by Gasteiger charge is -2.35. The van der Waals surface area contributed by atoms with Gasteiger partial charge in [-0.25, -0.2) is 9.78 Å². The monoisotopic (exact) mass is 499 g/mol. The highest BCUT2D eigenvalue weighted by molar-refractivity contribution is 7.13. The first-order chi connectivity index (χ1) is 16.7. The molecule has 0 amide bonds. The first-order valence-corrected chi connectivity index (χ1v) is 12.3. The van der Waals surface area contributed by atoms with E-state index >= 15 is 0 Å². The molecule has 0 saturated carbocycles. The summed E-state index contributed by atoms with van der Waals surface area (Å²) in [6.07, 6.45) is 5.51. The predicted molar refractivity (Wildman–Crippen MR) is 133 cm³/mol. The molecule has 2 aromatic heterocycles. The molecule has 10 nitrogen and oxygen atoms in total. The molecule has 5 N–H and O–H groups in total. The van der Waals surface area contributed by atoms with Crippen LogP contribution in [0, 0.1) is 0 Å². The molecule has 1 aromatic carbocycles. The van der Waals surface area contributed by atoms with Gasteiger partial charge in [0.05, 0.1) is 18.3 Å². The van der Waals surface area contributed by atoms with Gasteiger partial charge in [0, 0.05) is 5.38 Å². The van der Waals surface area contributed by atoms with Crippen molar-refractivity contribution in [2.45, 2.75) is 51.4 Å². The second-order valence-corrected chi connectivity index (χ2v) is 9.70. The highest BCUT2D eigenvalue weighted by Gasteiger charge is 2.48. The number of thiazole rings is 1. The smallest absolute Gasteiger partial charge is 0.354 e. The summed E-state index contributed by atoms with van der Waals surface area (Å²) in [4.78, 5) is 22.0. The van der Waals surface area contributed by atoms with E-state index < -0.39 is 17.7 Å². The van der Waals surface area contributed by atoms with Crippen molar-refractivity contribution in [2.24, 2.45) is 17.9 Å². The van der Waals surface area contributed by atoms with Gasteiger partial charge < -0.3 is 26.1 Å². The number of nitrogens with two attached hydrogens (primary N) is 2. The third kappa shape index (κ3) is 5.15. The van der Waals surface area contributed by atoms with Crippen LogP contribution in [0.15, 0.2) is 41.1 Å². The minimum atomic E-state index is -1.67. The van der Waals surface area contributed by atoms with Crippen molar-refractivity contribution in [3.63, 3.8) is 0 Å². The standard InChI is InChI=1S/C24H30N6O4S/c1-15(19-14-35-23(26)27-19)28-34-24(2,22(31)32)21-8-6-17-11-16(5-7-20(17)33-21)18-12-29(3)30(13-18)10-4-9-25/h5,7,11-14,21H,4,6,8-10,25H2,1-3H3,(H2-,26,27,31,32)/p+1/b28-15+. The van der Waals surface area contributed by atoms with Gasteiger partial charge in [-0.15, -0.1) is 16.0 Å². The van der Waals surface area contributed by atoms with Crippen LogP contribution in [0.3, 0.4) is 0 Å². The molecule has 35 heavy (non-hydrogen) atoms. The van der Waals surface area contributed by atoms with Crippen LogP contribution in [0.2, 0.25) is 0 Å². The Kier molecular flexibility index (Phi) is 7.08. The zero-order valence-corrected chi connectivity index (χ0v) is 20.9. The van der Waals surface area contributed by atoms with Crippen LogP contribution in [-0.2, 0) is 29.6 Å². The Morgan fingerprint density at radius 3 is 2.94 bits per heavy atom. The molecule has 3 heterocycles. The third-order valence-corrected chi connectivity index (χ3v) is 6.93. The summed E-state index contributed by atoms with van der Waals surface area (Å²) in [7, 11) is 2.01. The van der Waals surface area contributed by atoms with Gasteiger partial charge in [0.2, 0.25) is 6.20 Å². The number of nitrogen functional groups attached to an aromatic ring is 1. The number of aromatic nitrogens is 3. The Morgan fingerprint density at radius 2 is 2.26 bits per heavy atom. The van der Waals surface area contributed by atoms with Gasteiger partial charge in [-0.05, 0) is 62.9 Å². The number of nitrogens with zero attached hydrogens (tertiary/aromatic N) is 4. The summed E-state index contributed by atoms with van der Waals surface area (Å²) >= 11 is 1.28. The molecule has 3 aromatic rings. The maximum Gasteiger partial charge on any atom is 0.354 e. The quantitative estimate of drug-likeness (QED) is 0.233. The maximum atomic E-state index is 12.2. The molecule has 0 spiro atoms. The van der Waals surface area contributed by atoms with Gasteiger partial charge in [-0.2, -0.15) is 4.68 Å². The fourth-order valence-corrected chi connectivity index (χ4v) is 4.65. The van der Waals surface area contributed by atoms with Crippen molar-refractivity contribution in [3.05, 3.63) is 47.2 Å². The van der Waals surface area contributed by atoms with Gasteiger partial charge >= 0.3 is 5.97 Å². The number of carbonyl (C=O) groups is 1. The zero-order valence-electron chi connectivity index (χ0n) is 20.1. The summed E-state index contributed by atoms with van der Waals surface area (Å²) in [6.45, 7) is 4.68. The average molecular weight is 500 g/mol. The third-order valence-electron chi connectivity index (χ3n) is 6.25. The minimum Gasteiger partial charge on any atom is -0.485 e. The summed E-state index contributed by atoms with van der Waals surface area (Å²) in [5, 5.41) is 16.2. The molecule has 1 aliphatic heterocycles. The first-order valence-electron chi connectivity index (χ1n) is 11.4. The molecular weight excluding hydrogens is 468 g/mol. The average Bonchev–Trinajstić information content (AvgIpc) is 3.45. The van der Waals surface area contributed by atoms with Gasteiger partial charge in [0.25, 0.3) is 5.60 Å². The second-order valence-electron chi connectivity index (χ2n) is 8.81. The van der Waals surface area contributed by atoms with Crippen LogP contribution < -0.4 is 20.9 Å². The fraction of sp³-hybridized carbons (Fsp3) is 0.417. The summed E-state index contributed by atoms with van der Waals surface area (Å²) in [5.41, 5.74) is 13.8. The number of carboxylic acid groups (broad SMARTS) is 1. The lowest BCUT2D eigenvalue weighted by atomic mass is 9.90. The van der Waals surface area contributed by atoms with E-state index in [2.05, 4.69) is 38.0 Å². The van der Waals surface area contributed by atoms with E-state index in [0.29, 0.717) is 41.7 Å². The van der Waals surface area contributed by atoms with E-state index in [9.17, 15) is 9.90 Å². The van der Waals surface area contributed by atoms with Crippen molar-refractivity contribution in [1.82, 2.24) is 9.67 Å². The molecule has 4 rings (SSSR count). The fourth-order valence-electron chi connectivity index (χ4n) is 4.04. The molecular formula is C24H31N6O4S+. The number of anilines is 1. The molecule has 0 bridgehead atoms. The Bertz CT molecular complexity index is 1250. The van der Waals surface area contributed by atoms with Crippen LogP contribution >= 0.6 is 11.3 Å². The Labute approximate surface area is 207 Å². The number of aliphatic carboxylic acids is 1. The Hall–Kier alpha value is -3.44. The summed E-state index contributed by atoms with van der Waals surface area (Å²) < 4.78 is 10.3. The van der Waals surface area contributed by atoms with E-state index in [4.69, 9.17) is 21.0 Å². The zero-order chi connectivity index (χ0) is 25.2. The van der Waals surface area contributed by atoms with Crippen LogP contribution in [0.4, 0.5) is 5.13 Å². The normalized spacial score (nSPS) is 17.4. The van der Waals surface area contributed by atoms with E-state index in [1.54, 1.807) is 12.3 Å². The van der Waals surface area contributed by atoms with E-state index in [1.165, 1.54) is 18.3 Å². The lowest BCUT2D eigenvalue weighted by molar-refractivity contribution is -0.753. The molecule has 0 saturated heterocycles. The number of hydrogen-bond acceptors (Lipinski definition) is 8. The van der Waals surface area contributed by atoms with Crippen LogP contribution in [-0.4, -0.2) is 44.7 Å². The van der Waals surface area contributed by atoms with E-state index in [1.807, 2.05) is 19.2 Å². The lowest BCUT2D eigenvalue weighted by Crippen LogP contribution is -2.52. The number of rotatable bonds is 9. The molecule has 11 heteroatoms.